The number of hydrogen-bond acceptors (Lipinski definition) is 4. The minimum Gasteiger partial charge on any atom is -0.456 e. The van der Waals surface area contributed by atoms with Crippen molar-refractivity contribution in [3.63, 3.8) is 0 Å². The van der Waals surface area contributed by atoms with Gasteiger partial charge in [-0.3, -0.25) is 14.4 Å². The van der Waals surface area contributed by atoms with Gasteiger partial charge in [0, 0.05) is 5.56 Å². The number of nitrogens with one attached hydrogen (secondary N) is 1. The third-order valence-electron chi connectivity index (χ3n) is 4.47. The summed E-state index contributed by atoms with van der Waals surface area (Å²) in [7, 11) is 0. The first-order chi connectivity index (χ1) is 14.5. The molecule has 0 aliphatic rings. The standard InChI is InChI=1S/C24H20FNO4/c25-20-13-11-17(12-14-20)21(27)16-30-22(28)15-26-24(29)23(18-7-3-1-4-8-18)19-9-5-2-6-10-19/h1-14,23H,15-16H2,(H,26,29). The van der Waals surface area contributed by atoms with Gasteiger partial charge in [-0.05, 0) is 35.4 Å². The Balaban J connectivity index is 1.58. The third-order valence-corrected chi connectivity index (χ3v) is 4.47. The molecular formula is C24H20FNO4. The number of ether oxygens (including phenoxy) is 1. The van der Waals surface area contributed by atoms with Crippen molar-refractivity contribution in [1.82, 2.24) is 5.32 Å². The van der Waals surface area contributed by atoms with Crippen molar-refractivity contribution < 1.29 is 23.5 Å². The Hall–Kier alpha value is -3.80. The van der Waals surface area contributed by atoms with Crippen LogP contribution < -0.4 is 5.32 Å². The van der Waals surface area contributed by atoms with E-state index in [0.29, 0.717) is 0 Å². The summed E-state index contributed by atoms with van der Waals surface area (Å²) in [6.07, 6.45) is 0. The van der Waals surface area contributed by atoms with Crippen LogP contribution in [0.25, 0.3) is 0 Å². The van der Waals surface area contributed by atoms with Crippen LogP contribution in [-0.2, 0) is 14.3 Å². The second-order valence-corrected chi connectivity index (χ2v) is 6.56. The van der Waals surface area contributed by atoms with Crippen LogP contribution in [0.5, 0.6) is 0 Å². The van der Waals surface area contributed by atoms with E-state index in [9.17, 15) is 18.8 Å². The summed E-state index contributed by atoms with van der Waals surface area (Å²) in [6, 6.07) is 23.4. The molecular weight excluding hydrogens is 385 g/mol. The molecule has 0 heterocycles. The lowest BCUT2D eigenvalue weighted by Gasteiger charge is -2.17. The van der Waals surface area contributed by atoms with Crippen molar-refractivity contribution in [2.24, 2.45) is 0 Å². The number of hydrogen-bond donors (Lipinski definition) is 1. The average molecular weight is 405 g/mol. The number of carbonyl (C=O) groups is 3. The molecule has 0 fully saturated rings. The van der Waals surface area contributed by atoms with E-state index in [-0.39, 0.29) is 18.0 Å². The quantitative estimate of drug-likeness (QED) is 0.460. The van der Waals surface area contributed by atoms with Crippen LogP contribution in [0.3, 0.4) is 0 Å². The van der Waals surface area contributed by atoms with Gasteiger partial charge in [0.2, 0.25) is 5.91 Å². The number of benzene rings is 3. The highest BCUT2D eigenvalue weighted by Gasteiger charge is 2.23. The molecule has 0 aliphatic heterocycles. The second-order valence-electron chi connectivity index (χ2n) is 6.56. The molecule has 30 heavy (non-hydrogen) atoms. The van der Waals surface area contributed by atoms with Gasteiger partial charge in [0.05, 0.1) is 5.92 Å². The first-order valence-electron chi connectivity index (χ1n) is 9.36. The van der Waals surface area contributed by atoms with Crippen molar-refractivity contribution in [2.75, 3.05) is 13.2 Å². The van der Waals surface area contributed by atoms with Gasteiger partial charge in [-0.2, -0.15) is 0 Å². The Bertz CT molecular complexity index is 965. The van der Waals surface area contributed by atoms with Crippen molar-refractivity contribution in [3.05, 3.63) is 107 Å². The van der Waals surface area contributed by atoms with Crippen LogP contribution in [0, 0.1) is 5.82 Å². The van der Waals surface area contributed by atoms with Gasteiger partial charge >= 0.3 is 5.97 Å². The summed E-state index contributed by atoms with van der Waals surface area (Å²) in [5.41, 5.74) is 1.82. The molecule has 0 saturated carbocycles. The van der Waals surface area contributed by atoms with E-state index in [1.54, 1.807) is 0 Å². The van der Waals surface area contributed by atoms with Crippen LogP contribution >= 0.6 is 0 Å². The van der Waals surface area contributed by atoms with Crippen LogP contribution in [-0.4, -0.2) is 30.8 Å². The predicted molar refractivity (Wildman–Crippen MR) is 109 cm³/mol. The number of rotatable bonds is 8. The van der Waals surface area contributed by atoms with Gasteiger partial charge < -0.3 is 10.1 Å². The van der Waals surface area contributed by atoms with E-state index in [1.165, 1.54) is 12.1 Å². The van der Waals surface area contributed by atoms with Gasteiger partial charge in [-0.25, -0.2) is 4.39 Å². The molecule has 1 N–H and O–H groups in total. The van der Waals surface area contributed by atoms with E-state index in [1.807, 2.05) is 60.7 Å². The molecule has 1 amide bonds. The maximum Gasteiger partial charge on any atom is 0.325 e. The lowest BCUT2D eigenvalue weighted by Crippen LogP contribution is -2.35. The number of amides is 1. The predicted octanol–water partition coefficient (Wildman–Crippen LogP) is 3.50. The molecule has 152 valence electrons. The fourth-order valence-electron chi connectivity index (χ4n) is 2.96. The SMILES string of the molecule is O=C(CNC(=O)C(c1ccccc1)c1ccccc1)OCC(=O)c1ccc(F)cc1. The molecule has 0 bridgehead atoms. The summed E-state index contributed by atoms with van der Waals surface area (Å²) < 4.78 is 17.8. The molecule has 0 saturated heterocycles. The molecule has 3 aromatic carbocycles. The van der Waals surface area contributed by atoms with E-state index < -0.39 is 30.1 Å². The van der Waals surface area contributed by atoms with Crippen LogP contribution in [0.2, 0.25) is 0 Å². The van der Waals surface area contributed by atoms with Crippen LogP contribution in [0.4, 0.5) is 4.39 Å². The topological polar surface area (TPSA) is 72.5 Å². The van der Waals surface area contributed by atoms with Gasteiger partial charge in [0.25, 0.3) is 0 Å². The minimum absolute atomic E-state index is 0.237. The van der Waals surface area contributed by atoms with E-state index in [0.717, 1.165) is 23.3 Å². The Labute approximate surface area is 173 Å². The highest BCUT2D eigenvalue weighted by atomic mass is 19.1. The normalized spacial score (nSPS) is 10.5. The Morgan fingerprint density at radius 3 is 1.87 bits per heavy atom. The summed E-state index contributed by atoms with van der Waals surface area (Å²) >= 11 is 0. The number of Topliss-reactive ketones (excluding diaryl/α,β-unsaturated/α-hetero) is 1. The lowest BCUT2D eigenvalue weighted by atomic mass is 9.90. The summed E-state index contributed by atoms with van der Waals surface area (Å²) in [5.74, 6) is -2.59. The molecule has 5 nitrogen and oxygen atoms in total. The number of ketones is 1. The number of halogens is 1. The highest BCUT2D eigenvalue weighted by Crippen LogP contribution is 2.24. The lowest BCUT2D eigenvalue weighted by molar-refractivity contribution is -0.142. The molecule has 6 heteroatoms. The molecule has 0 aliphatic carbocycles. The zero-order valence-electron chi connectivity index (χ0n) is 16.1. The molecule has 0 spiro atoms. The van der Waals surface area contributed by atoms with Crippen LogP contribution in [0.15, 0.2) is 84.9 Å². The second kappa shape index (κ2) is 10.1. The molecule has 3 rings (SSSR count). The Morgan fingerprint density at radius 2 is 1.33 bits per heavy atom. The maximum atomic E-state index is 12.9. The first-order valence-corrected chi connectivity index (χ1v) is 9.36. The molecule has 0 atom stereocenters. The average Bonchev–Trinajstić information content (AvgIpc) is 2.78. The van der Waals surface area contributed by atoms with Crippen LogP contribution in [0.1, 0.15) is 27.4 Å². The van der Waals surface area contributed by atoms with Crippen molar-refractivity contribution in [3.8, 4) is 0 Å². The van der Waals surface area contributed by atoms with Crippen molar-refractivity contribution >= 4 is 17.7 Å². The Kier molecular flexibility index (Phi) is 7.05. The smallest absolute Gasteiger partial charge is 0.325 e. The van der Waals surface area contributed by atoms with E-state index in [4.69, 9.17) is 4.74 Å². The number of esters is 1. The van der Waals surface area contributed by atoms with Crippen molar-refractivity contribution in [1.29, 1.82) is 0 Å². The summed E-state index contributed by atoms with van der Waals surface area (Å²) in [4.78, 5) is 36.8. The third kappa shape index (κ3) is 5.61. The van der Waals surface area contributed by atoms with E-state index >= 15 is 0 Å². The fraction of sp³-hybridized carbons (Fsp3) is 0.125. The van der Waals surface area contributed by atoms with Gasteiger partial charge in [-0.1, -0.05) is 60.7 Å². The zero-order chi connectivity index (χ0) is 21.3. The maximum absolute atomic E-state index is 12.9. The largest absolute Gasteiger partial charge is 0.456 e. The molecule has 0 unspecified atom stereocenters. The monoisotopic (exact) mass is 405 g/mol. The van der Waals surface area contributed by atoms with E-state index in [2.05, 4.69) is 5.32 Å². The first kappa shape index (κ1) is 20.9. The van der Waals surface area contributed by atoms with Crippen molar-refractivity contribution in [2.45, 2.75) is 5.92 Å². The van der Waals surface area contributed by atoms with Gasteiger partial charge in [0.15, 0.2) is 12.4 Å². The fourth-order valence-corrected chi connectivity index (χ4v) is 2.96. The van der Waals surface area contributed by atoms with Gasteiger partial charge in [-0.15, -0.1) is 0 Å². The molecule has 0 aromatic heterocycles. The Morgan fingerprint density at radius 1 is 0.800 bits per heavy atom. The van der Waals surface area contributed by atoms with Gasteiger partial charge in [0.1, 0.15) is 12.4 Å². The summed E-state index contributed by atoms with van der Waals surface area (Å²) in [5, 5.41) is 2.58. The minimum atomic E-state index is -0.737. The molecule has 3 aromatic rings. The highest BCUT2D eigenvalue weighted by molar-refractivity contribution is 5.98. The zero-order valence-corrected chi connectivity index (χ0v) is 16.1. The summed E-state index contributed by atoms with van der Waals surface area (Å²) in [6.45, 7) is -0.854. The number of carbonyl (C=O) groups excluding carboxylic acids is 3. The molecule has 0 radical (unpaired) electrons.